The van der Waals surface area contributed by atoms with Crippen LogP contribution in [0.4, 0.5) is 18.9 Å². The molecule has 0 saturated carbocycles. The fourth-order valence-corrected chi connectivity index (χ4v) is 1.82. The molecule has 1 N–H and O–H groups in total. The summed E-state index contributed by atoms with van der Waals surface area (Å²) in [5.41, 5.74) is -1.23. The maximum atomic E-state index is 12.8. The number of amides is 1. The van der Waals surface area contributed by atoms with Crippen LogP contribution < -0.4 is 10.9 Å². The smallest absolute Gasteiger partial charge is 0.321 e. The molecule has 22 heavy (non-hydrogen) atoms. The van der Waals surface area contributed by atoms with Gasteiger partial charge in [-0.1, -0.05) is 6.07 Å². The van der Waals surface area contributed by atoms with Gasteiger partial charge in [-0.3, -0.25) is 9.59 Å². The lowest BCUT2D eigenvalue weighted by Gasteiger charge is -2.12. The zero-order valence-corrected chi connectivity index (χ0v) is 11.7. The lowest BCUT2D eigenvalue weighted by molar-refractivity contribution is -0.138. The molecule has 0 atom stereocenters. The molecule has 2 rings (SSSR count). The number of aromatic nitrogens is 2. The molecule has 5 nitrogen and oxygen atoms in total. The lowest BCUT2D eigenvalue weighted by Crippen LogP contribution is -2.23. The second kappa shape index (κ2) is 5.63. The standard InChI is InChI=1S/C14H12F3N3O2/c1-8-3-4-9(7-10(8)14(15,16)17)18-13(22)11-5-6-12(21)20(2)19-11/h3-7H,1-2H3,(H,18,22). The van der Waals surface area contributed by atoms with Gasteiger partial charge in [0.25, 0.3) is 11.5 Å². The Morgan fingerprint density at radius 2 is 1.91 bits per heavy atom. The van der Waals surface area contributed by atoms with E-state index in [1.54, 1.807) is 0 Å². The topological polar surface area (TPSA) is 64.0 Å². The number of anilines is 1. The van der Waals surface area contributed by atoms with E-state index in [1.807, 2.05) is 0 Å². The molecule has 1 amide bonds. The quantitative estimate of drug-likeness (QED) is 0.926. The number of aryl methyl sites for hydroxylation is 2. The molecule has 0 spiro atoms. The van der Waals surface area contributed by atoms with E-state index >= 15 is 0 Å². The van der Waals surface area contributed by atoms with Crippen molar-refractivity contribution in [1.82, 2.24) is 9.78 Å². The van der Waals surface area contributed by atoms with Gasteiger partial charge in [0.2, 0.25) is 0 Å². The molecule has 0 aliphatic rings. The summed E-state index contributed by atoms with van der Waals surface area (Å²) < 4.78 is 39.4. The van der Waals surface area contributed by atoms with Crippen LogP contribution in [0.3, 0.4) is 0 Å². The Hall–Kier alpha value is -2.64. The first-order chi connectivity index (χ1) is 10.2. The fraction of sp³-hybridized carbons (Fsp3) is 0.214. The van der Waals surface area contributed by atoms with Crippen molar-refractivity contribution >= 4 is 11.6 Å². The Bertz CT molecular complexity index is 782. The molecule has 8 heteroatoms. The Balaban J connectivity index is 2.29. The van der Waals surface area contributed by atoms with Crippen molar-refractivity contribution in [1.29, 1.82) is 0 Å². The van der Waals surface area contributed by atoms with E-state index in [0.717, 1.165) is 16.8 Å². The third-order valence-electron chi connectivity index (χ3n) is 2.99. The normalized spacial score (nSPS) is 11.3. The number of carbonyl (C=O) groups is 1. The summed E-state index contributed by atoms with van der Waals surface area (Å²) in [6, 6.07) is 5.85. The highest BCUT2D eigenvalue weighted by molar-refractivity contribution is 6.02. The monoisotopic (exact) mass is 311 g/mol. The number of nitrogens with zero attached hydrogens (tertiary/aromatic N) is 2. The molecular formula is C14H12F3N3O2. The van der Waals surface area contributed by atoms with Crippen molar-refractivity contribution in [3.63, 3.8) is 0 Å². The van der Waals surface area contributed by atoms with Gasteiger partial charge in [-0.2, -0.15) is 18.3 Å². The Labute approximate surface area is 123 Å². The van der Waals surface area contributed by atoms with Crippen LogP contribution in [-0.2, 0) is 13.2 Å². The van der Waals surface area contributed by atoms with Gasteiger partial charge >= 0.3 is 6.18 Å². The minimum absolute atomic E-state index is 0.00132. The van der Waals surface area contributed by atoms with Crippen LogP contribution in [-0.4, -0.2) is 15.7 Å². The van der Waals surface area contributed by atoms with Gasteiger partial charge in [0.1, 0.15) is 5.69 Å². The predicted molar refractivity (Wildman–Crippen MR) is 73.6 cm³/mol. The van der Waals surface area contributed by atoms with E-state index in [4.69, 9.17) is 0 Å². The van der Waals surface area contributed by atoms with Crippen molar-refractivity contribution < 1.29 is 18.0 Å². The third kappa shape index (κ3) is 3.33. The average molecular weight is 311 g/mol. The zero-order valence-electron chi connectivity index (χ0n) is 11.7. The zero-order chi connectivity index (χ0) is 16.5. The molecule has 1 heterocycles. The summed E-state index contributed by atoms with van der Waals surface area (Å²) in [7, 11) is 1.37. The number of hydrogen-bond acceptors (Lipinski definition) is 3. The Kier molecular flexibility index (Phi) is 4.03. The molecule has 0 aliphatic carbocycles. The molecule has 0 saturated heterocycles. The summed E-state index contributed by atoms with van der Waals surface area (Å²) in [4.78, 5) is 23.1. The molecule has 116 valence electrons. The van der Waals surface area contributed by atoms with Crippen LogP contribution in [0.1, 0.15) is 21.6 Å². The van der Waals surface area contributed by atoms with Gasteiger partial charge in [0.05, 0.1) is 5.56 Å². The highest BCUT2D eigenvalue weighted by Gasteiger charge is 2.32. The number of rotatable bonds is 2. The van der Waals surface area contributed by atoms with Gasteiger partial charge in [0.15, 0.2) is 0 Å². The van der Waals surface area contributed by atoms with Gasteiger partial charge in [-0.15, -0.1) is 0 Å². The highest BCUT2D eigenvalue weighted by Crippen LogP contribution is 2.33. The number of alkyl halides is 3. The first-order valence-corrected chi connectivity index (χ1v) is 6.22. The minimum Gasteiger partial charge on any atom is -0.321 e. The first kappa shape index (κ1) is 15.7. The summed E-state index contributed by atoms with van der Waals surface area (Å²) in [5.74, 6) is -0.701. The van der Waals surface area contributed by atoms with Gasteiger partial charge in [-0.05, 0) is 30.7 Å². The van der Waals surface area contributed by atoms with E-state index < -0.39 is 23.2 Å². The van der Waals surface area contributed by atoms with Crippen molar-refractivity contribution in [3.8, 4) is 0 Å². The van der Waals surface area contributed by atoms with E-state index in [0.29, 0.717) is 0 Å². The molecular weight excluding hydrogens is 299 g/mol. The van der Waals surface area contributed by atoms with Crippen LogP contribution in [0, 0.1) is 6.92 Å². The Morgan fingerprint density at radius 3 is 2.50 bits per heavy atom. The SMILES string of the molecule is Cc1ccc(NC(=O)c2ccc(=O)n(C)n2)cc1C(F)(F)F. The van der Waals surface area contributed by atoms with E-state index in [9.17, 15) is 22.8 Å². The van der Waals surface area contributed by atoms with E-state index in [-0.39, 0.29) is 16.9 Å². The maximum absolute atomic E-state index is 12.8. The van der Waals surface area contributed by atoms with Crippen molar-refractivity contribution in [2.45, 2.75) is 13.1 Å². The molecule has 0 radical (unpaired) electrons. The summed E-state index contributed by atoms with van der Waals surface area (Å²) in [6.07, 6.45) is -4.50. The fourth-order valence-electron chi connectivity index (χ4n) is 1.82. The van der Waals surface area contributed by atoms with Gasteiger partial charge in [0, 0.05) is 18.8 Å². The molecule has 1 aromatic carbocycles. The number of benzene rings is 1. The lowest BCUT2D eigenvalue weighted by atomic mass is 10.1. The number of halogens is 3. The summed E-state index contributed by atoms with van der Waals surface area (Å²) in [5, 5.41) is 6.06. The van der Waals surface area contributed by atoms with Crippen LogP contribution in [0.5, 0.6) is 0 Å². The van der Waals surface area contributed by atoms with Crippen molar-refractivity contribution in [2.24, 2.45) is 7.05 Å². The van der Waals surface area contributed by atoms with Crippen LogP contribution in [0.2, 0.25) is 0 Å². The third-order valence-corrected chi connectivity index (χ3v) is 2.99. The number of carbonyl (C=O) groups excluding carboxylic acids is 1. The first-order valence-electron chi connectivity index (χ1n) is 6.22. The van der Waals surface area contributed by atoms with E-state index in [2.05, 4.69) is 10.4 Å². The second-order valence-electron chi connectivity index (χ2n) is 4.66. The molecule has 1 aromatic heterocycles. The van der Waals surface area contributed by atoms with Crippen LogP contribution in [0.25, 0.3) is 0 Å². The largest absolute Gasteiger partial charge is 0.416 e. The Morgan fingerprint density at radius 1 is 1.23 bits per heavy atom. The molecule has 0 fully saturated rings. The second-order valence-corrected chi connectivity index (χ2v) is 4.66. The minimum atomic E-state index is -4.50. The number of nitrogens with one attached hydrogen (secondary N) is 1. The molecule has 2 aromatic rings. The van der Waals surface area contributed by atoms with E-state index in [1.165, 1.54) is 32.2 Å². The average Bonchev–Trinajstić information content (AvgIpc) is 2.42. The van der Waals surface area contributed by atoms with Crippen molar-refractivity contribution in [3.05, 3.63) is 57.5 Å². The predicted octanol–water partition coefficient (Wildman–Crippen LogP) is 2.36. The summed E-state index contributed by atoms with van der Waals surface area (Å²) in [6.45, 7) is 1.34. The van der Waals surface area contributed by atoms with Crippen LogP contribution in [0.15, 0.2) is 35.1 Å². The van der Waals surface area contributed by atoms with Crippen LogP contribution >= 0.6 is 0 Å². The maximum Gasteiger partial charge on any atom is 0.416 e. The highest BCUT2D eigenvalue weighted by atomic mass is 19.4. The molecule has 0 aliphatic heterocycles. The summed E-state index contributed by atoms with van der Waals surface area (Å²) >= 11 is 0. The molecule has 0 bridgehead atoms. The van der Waals surface area contributed by atoms with Gasteiger partial charge < -0.3 is 5.32 Å². The van der Waals surface area contributed by atoms with Crippen molar-refractivity contribution in [2.75, 3.05) is 5.32 Å². The van der Waals surface area contributed by atoms with Gasteiger partial charge in [-0.25, -0.2) is 4.68 Å². The number of hydrogen-bond donors (Lipinski definition) is 1. The molecule has 0 unspecified atom stereocenters.